The Balaban J connectivity index is 2.00. The maximum absolute atomic E-state index is 12.5. The van der Waals surface area contributed by atoms with Crippen LogP contribution in [-0.4, -0.2) is 9.55 Å². The SMILES string of the molecule is CCCCc1ccc(-n2cnc3ccccc3c2=O)cc1. The number of aromatic nitrogens is 2. The van der Waals surface area contributed by atoms with Gasteiger partial charge in [-0.2, -0.15) is 0 Å². The highest BCUT2D eigenvalue weighted by Gasteiger charge is 2.05. The van der Waals surface area contributed by atoms with Crippen LogP contribution >= 0.6 is 0 Å². The summed E-state index contributed by atoms with van der Waals surface area (Å²) >= 11 is 0. The number of aryl methyl sites for hydroxylation is 1. The van der Waals surface area contributed by atoms with Crippen LogP contribution in [0.5, 0.6) is 0 Å². The molecule has 3 rings (SSSR count). The first-order chi connectivity index (χ1) is 10.3. The lowest BCUT2D eigenvalue weighted by Gasteiger charge is -2.07. The van der Waals surface area contributed by atoms with E-state index in [0.29, 0.717) is 5.39 Å². The van der Waals surface area contributed by atoms with E-state index in [0.717, 1.165) is 17.6 Å². The van der Waals surface area contributed by atoms with Gasteiger partial charge in [0.05, 0.1) is 16.6 Å². The molecule has 3 aromatic rings. The molecular weight excluding hydrogens is 260 g/mol. The molecule has 3 nitrogen and oxygen atoms in total. The van der Waals surface area contributed by atoms with E-state index in [9.17, 15) is 4.79 Å². The van der Waals surface area contributed by atoms with Crippen molar-refractivity contribution in [1.82, 2.24) is 9.55 Å². The number of para-hydroxylation sites is 1. The average Bonchev–Trinajstić information content (AvgIpc) is 2.54. The summed E-state index contributed by atoms with van der Waals surface area (Å²) in [5.41, 5.74) is 2.88. The molecule has 0 fully saturated rings. The highest BCUT2D eigenvalue weighted by Crippen LogP contribution is 2.12. The van der Waals surface area contributed by atoms with E-state index < -0.39 is 0 Å². The second-order valence-electron chi connectivity index (χ2n) is 5.21. The first kappa shape index (κ1) is 13.6. The lowest BCUT2D eigenvalue weighted by molar-refractivity contribution is 0.794. The molecule has 0 aliphatic carbocycles. The van der Waals surface area contributed by atoms with E-state index in [-0.39, 0.29) is 5.56 Å². The number of hydrogen-bond donors (Lipinski definition) is 0. The maximum atomic E-state index is 12.5. The van der Waals surface area contributed by atoms with E-state index in [1.807, 2.05) is 36.4 Å². The maximum Gasteiger partial charge on any atom is 0.265 e. The standard InChI is InChI=1S/C18H18N2O/c1-2-3-6-14-9-11-15(12-10-14)20-13-19-17-8-5-4-7-16(17)18(20)21/h4-5,7-13H,2-3,6H2,1H3. The Labute approximate surface area is 123 Å². The van der Waals surface area contributed by atoms with Gasteiger partial charge in [-0.3, -0.25) is 9.36 Å². The third-order valence-electron chi connectivity index (χ3n) is 3.70. The largest absolute Gasteiger partial charge is 0.268 e. The number of fused-ring (bicyclic) bond motifs is 1. The predicted molar refractivity (Wildman–Crippen MR) is 86.0 cm³/mol. The molecule has 1 heterocycles. The molecule has 0 atom stereocenters. The zero-order valence-electron chi connectivity index (χ0n) is 12.1. The van der Waals surface area contributed by atoms with Crippen molar-refractivity contribution in [3.63, 3.8) is 0 Å². The fraction of sp³-hybridized carbons (Fsp3) is 0.222. The topological polar surface area (TPSA) is 34.9 Å². The molecule has 0 amide bonds. The molecule has 0 bridgehead atoms. The minimum Gasteiger partial charge on any atom is -0.268 e. The van der Waals surface area contributed by atoms with Crippen LogP contribution in [-0.2, 0) is 6.42 Å². The molecule has 0 aliphatic heterocycles. The van der Waals surface area contributed by atoms with Crippen molar-refractivity contribution in [2.75, 3.05) is 0 Å². The van der Waals surface area contributed by atoms with Crippen molar-refractivity contribution in [3.8, 4) is 5.69 Å². The lowest BCUT2D eigenvalue weighted by atomic mass is 10.1. The molecule has 0 saturated heterocycles. The van der Waals surface area contributed by atoms with Gasteiger partial charge in [0.2, 0.25) is 0 Å². The van der Waals surface area contributed by atoms with E-state index in [1.165, 1.54) is 18.4 Å². The smallest absolute Gasteiger partial charge is 0.265 e. The quantitative estimate of drug-likeness (QED) is 0.729. The molecule has 0 aliphatic rings. The van der Waals surface area contributed by atoms with Crippen molar-refractivity contribution in [2.45, 2.75) is 26.2 Å². The number of hydrogen-bond acceptors (Lipinski definition) is 2. The van der Waals surface area contributed by atoms with Crippen LogP contribution in [0.15, 0.2) is 59.7 Å². The Bertz CT molecular complexity index is 803. The van der Waals surface area contributed by atoms with E-state index >= 15 is 0 Å². The molecular formula is C18H18N2O. The molecule has 0 unspecified atom stereocenters. The first-order valence-corrected chi connectivity index (χ1v) is 7.35. The lowest BCUT2D eigenvalue weighted by Crippen LogP contribution is -2.18. The molecule has 0 radical (unpaired) electrons. The molecule has 3 heteroatoms. The third-order valence-corrected chi connectivity index (χ3v) is 3.70. The van der Waals surface area contributed by atoms with Crippen molar-refractivity contribution in [1.29, 1.82) is 0 Å². The molecule has 1 aromatic heterocycles. The normalized spacial score (nSPS) is 10.9. The summed E-state index contributed by atoms with van der Waals surface area (Å²) in [6.45, 7) is 2.19. The summed E-state index contributed by atoms with van der Waals surface area (Å²) in [6, 6.07) is 15.6. The van der Waals surface area contributed by atoms with Crippen molar-refractivity contribution in [2.24, 2.45) is 0 Å². The number of nitrogens with zero attached hydrogens (tertiary/aromatic N) is 2. The Morgan fingerprint density at radius 2 is 1.81 bits per heavy atom. The fourth-order valence-corrected chi connectivity index (χ4v) is 2.46. The highest BCUT2D eigenvalue weighted by atomic mass is 16.1. The second kappa shape index (κ2) is 5.92. The van der Waals surface area contributed by atoms with Gasteiger partial charge in [-0.15, -0.1) is 0 Å². The molecule has 21 heavy (non-hydrogen) atoms. The van der Waals surface area contributed by atoms with Gasteiger partial charge in [0, 0.05) is 0 Å². The minimum atomic E-state index is -0.0260. The number of rotatable bonds is 4. The van der Waals surface area contributed by atoms with Gasteiger partial charge in [-0.25, -0.2) is 4.98 Å². The zero-order valence-corrected chi connectivity index (χ0v) is 12.1. The summed E-state index contributed by atoms with van der Waals surface area (Å²) < 4.78 is 1.60. The van der Waals surface area contributed by atoms with E-state index in [2.05, 4.69) is 24.0 Å². The van der Waals surface area contributed by atoms with Crippen LogP contribution in [0.2, 0.25) is 0 Å². The van der Waals surface area contributed by atoms with E-state index in [4.69, 9.17) is 0 Å². The molecule has 0 spiro atoms. The first-order valence-electron chi connectivity index (χ1n) is 7.35. The van der Waals surface area contributed by atoms with Crippen molar-refractivity contribution >= 4 is 10.9 Å². The van der Waals surface area contributed by atoms with Crippen LogP contribution in [0.4, 0.5) is 0 Å². The Hall–Kier alpha value is -2.42. The Morgan fingerprint density at radius 1 is 1.05 bits per heavy atom. The van der Waals surface area contributed by atoms with Crippen LogP contribution in [0.25, 0.3) is 16.6 Å². The third kappa shape index (κ3) is 2.72. The summed E-state index contributed by atoms with van der Waals surface area (Å²) in [5, 5.41) is 0.648. The van der Waals surface area contributed by atoms with Crippen molar-refractivity contribution in [3.05, 3.63) is 70.8 Å². The highest BCUT2D eigenvalue weighted by molar-refractivity contribution is 5.77. The number of benzene rings is 2. The monoisotopic (exact) mass is 278 g/mol. The van der Waals surface area contributed by atoms with Crippen LogP contribution in [0.1, 0.15) is 25.3 Å². The molecule has 0 N–H and O–H groups in total. The van der Waals surface area contributed by atoms with Crippen LogP contribution in [0, 0.1) is 0 Å². The van der Waals surface area contributed by atoms with Crippen LogP contribution in [0.3, 0.4) is 0 Å². The van der Waals surface area contributed by atoms with Gasteiger partial charge < -0.3 is 0 Å². The molecule has 0 saturated carbocycles. The second-order valence-corrected chi connectivity index (χ2v) is 5.21. The van der Waals surface area contributed by atoms with Gasteiger partial charge in [-0.1, -0.05) is 37.6 Å². The minimum absolute atomic E-state index is 0.0260. The Morgan fingerprint density at radius 3 is 2.57 bits per heavy atom. The predicted octanol–water partition coefficient (Wildman–Crippen LogP) is 3.73. The van der Waals surface area contributed by atoms with Gasteiger partial charge in [-0.05, 0) is 42.7 Å². The van der Waals surface area contributed by atoms with E-state index in [1.54, 1.807) is 10.9 Å². The molecule has 2 aromatic carbocycles. The summed E-state index contributed by atoms with van der Waals surface area (Å²) in [6.07, 6.45) is 5.07. The summed E-state index contributed by atoms with van der Waals surface area (Å²) in [4.78, 5) is 16.9. The van der Waals surface area contributed by atoms with Crippen LogP contribution < -0.4 is 5.56 Å². The van der Waals surface area contributed by atoms with Gasteiger partial charge in [0.1, 0.15) is 6.33 Å². The average molecular weight is 278 g/mol. The van der Waals surface area contributed by atoms with Gasteiger partial charge in [0.25, 0.3) is 5.56 Å². The fourth-order valence-electron chi connectivity index (χ4n) is 2.46. The van der Waals surface area contributed by atoms with Crippen molar-refractivity contribution < 1.29 is 0 Å². The summed E-state index contributed by atoms with van der Waals surface area (Å²) in [5.74, 6) is 0. The molecule has 106 valence electrons. The summed E-state index contributed by atoms with van der Waals surface area (Å²) in [7, 11) is 0. The zero-order chi connectivity index (χ0) is 14.7. The van der Waals surface area contributed by atoms with Gasteiger partial charge >= 0.3 is 0 Å². The number of unbranched alkanes of at least 4 members (excludes halogenated alkanes) is 1. The van der Waals surface area contributed by atoms with Gasteiger partial charge in [0.15, 0.2) is 0 Å². The Kier molecular flexibility index (Phi) is 3.82.